The monoisotopic (exact) mass is 332 g/mol. The number of carbonyl (C=O) groups excluding carboxylic acids is 1. The van der Waals surface area contributed by atoms with Gasteiger partial charge in [0.25, 0.3) is 0 Å². The van der Waals surface area contributed by atoms with Gasteiger partial charge in [0.05, 0.1) is 17.8 Å². The van der Waals surface area contributed by atoms with Gasteiger partial charge in [-0.3, -0.25) is 4.79 Å². The number of amides is 1. The third-order valence-corrected chi connectivity index (χ3v) is 3.64. The van der Waals surface area contributed by atoms with Crippen LogP contribution in [0.15, 0.2) is 53.0 Å². The van der Waals surface area contributed by atoms with Gasteiger partial charge >= 0.3 is 0 Å². The summed E-state index contributed by atoms with van der Waals surface area (Å²) in [5, 5.41) is 0. The molecule has 0 saturated heterocycles. The van der Waals surface area contributed by atoms with E-state index in [0.29, 0.717) is 18.7 Å². The fourth-order valence-corrected chi connectivity index (χ4v) is 2.35. The number of anilines is 2. The summed E-state index contributed by atoms with van der Waals surface area (Å²) in [5.41, 5.74) is 8.34. The molecule has 0 aliphatic rings. The van der Waals surface area contributed by atoms with E-state index in [1.165, 1.54) is 0 Å². The highest BCUT2D eigenvalue weighted by Crippen LogP contribution is 2.23. The number of nitrogens with two attached hydrogens (primary N) is 1. The largest absolute Gasteiger partial charge is 0.397 e. The van der Waals surface area contributed by atoms with Crippen LogP contribution in [0.5, 0.6) is 0 Å². The van der Waals surface area contributed by atoms with Crippen LogP contribution in [-0.2, 0) is 11.2 Å². The zero-order chi connectivity index (χ0) is 14.5. The summed E-state index contributed by atoms with van der Waals surface area (Å²) in [5.74, 6) is 0.0488. The second kappa shape index (κ2) is 6.57. The Kier molecular flexibility index (Phi) is 4.79. The molecule has 0 fully saturated rings. The molecule has 0 saturated carbocycles. The normalized spacial score (nSPS) is 10.3. The number of para-hydroxylation sites is 2. The Bertz CT molecular complexity index is 596. The zero-order valence-corrected chi connectivity index (χ0v) is 12.9. The summed E-state index contributed by atoms with van der Waals surface area (Å²) in [6.07, 6.45) is 0.370. The van der Waals surface area contributed by atoms with Gasteiger partial charge in [-0.15, -0.1) is 0 Å². The van der Waals surface area contributed by atoms with E-state index in [2.05, 4.69) is 15.9 Å². The van der Waals surface area contributed by atoms with Gasteiger partial charge in [-0.1, -0.05) is 40.2 Å². The standard InChI is InChI=1S/C16H17BrN2O/c1-2-19(15-6-4-3-5-14(15)18)16(20)11-12-7-9-13(17)10-8-12/h3-10H,2,11,18H2,1H3. The minimum absolute atomic E-state index is 0.0488. The van der Waals surface area contributed by atoms with Crippen molar-refractivity contribution in [3.8, 4) is 0 Å². The molecule has 0 bridgehead atoms. The molecule has 0 radical (unpaired) electrons. The maximum atomic E-state index is 12.4. The highest BCUT2D eigenvalue weighted by atomic mass is 79.9. The van der Waals surface area contributed by atoms with Crippen LogP contribution in [0.25, 0.3) is 0 Å². The van der Waals surface area contributed by atoms with Gasteiger partial charge in [0.2, 0.25) is 5.91 Å². The van der Waals surface area contributed by atoms with Crippen molar-refractivity contribution < 1.29 is 4.79 Å². The molecule has 3 nitrogen and oxygen atoms in total. The second-order valence-corrected chi connectivity index (χ2v) is 5.42. The van der Waals surface area contributed by atoms with Crippen molar-refractivity contribution in [1.29, 1.82) is 0 Å². The number of hydrogen-bond acceptors (Lipinski definition) is 2. The van der Waals surface area contributed by atoms with E-state index in [1.54, 1.807) is 4.90 Å². The van der Waals surface area contributed by atoms with Crippen LogP contribution >= 0.6 is 15.9 Å². The number of likely N-dealkylation sites (N-methyl/N-ethyl adjacent to an activating group) is 1. The number of rotatable bonds is 4. The quantitative estimate of drug-likeness (QED) is 0.869. The third kappa shape index (κ3) is 3.39. The molecule has 104 valence electrons. The SMILES string of the molecule is CCN(C(=O)Cc1ccc(Br)cc1)c1ccccc1N. The summed E-state index contributed by atoms with van der Waals surface area (Å²) in [4.78, 5) is 14.2. The van der Waals surface area contributed by atoms with Gasteiger partial charge in [-0.05, 0) is 36.8 Å². The molecule has 0 unspecified atom stereocenters. The Labute approximate surface area is 127 Å². The van der Waals surface area contributed by atoms with Gasteiger partial charge in [-0.25, -0.2) is 0 Å². The number of benzene rings is 2. The van der Waals surface area contributed by atoms with Crippen LogP contribution in [0.4, 0.5) is 11.4 Å². The van der Waals surface area contributed by atoms with E-state index in [0.717, 1.165) is 15.7 Å². The molecule has 2 aromatic carbocycles. The summed E-state index contributed by atoms with van der Waals surface area (Å²) >= 11 is 3.39. The highest BCUT2D eigenvalue weighted by molar-refractivity contribution is 9.10. The maximum Gasteiger partial charge on any atom is 0.231 e. The first-order valence-electron chi connectivity index (χ1n) is 6.51. The van der Waals surface area contributed by atoms with Crippen molar-refractivity contribution in [2.45, 2.75) is 13.3 Å². The van der Waals surface area contributed by atoms with Crippen molar-refractivity contribution in [1.82, 2.24) is 0 Å². The molecule has 0 atom stereocenters. The summed E-state index contributed by atoms with van der Waals surface area (Å²) in [6.45, 7) is 2.55. The van der Waals surface area contributed by atoms with Crippen molar-refractivity contribution >= 4 is 33.2 Å². The molecule has 1 amide bonds. The number of hydrogen-bond donors (Lipinski definition) is 1. The summed E-state index contributed by atoms with van der Waals surface area (Å²) in [6, 6.07) is 15.2. The Morgan fingerprint density at radius 3 is 2.40 bits per heavy atom. The first-order valence-corrected chi connectivity index (χ1v) is 7.30. The van der Waals surface area contributed by atoms with Crippen molar-refractivity contribution in [3.05, 3.63) is 58.6 Å². The molecule has 2 aromatic rings. The predicted molar refractivity (Wildman–Crippen MR) is 86.7 cm³/mol. The first-order chi connectivity index (χ1) is 9.61. The van der Waals surface area contributed by atoms with Gasteiger partial charge in [0.1, 0.15) is 0 Å². The molecule has 2 N–H and O–H groups in total. The zero-order valence-electron chi connectivity index (χ0n) is 11.3. The third-order valence-electron chi connectivity index (χ3n) is 3.11. The number of nitrogens with zero attached hydrogens (tertiary/aromatic N) is 1. The fraction of sp³-hybridized carbons (Fsp3) is 0.188. The molecule has 0 spiro atoms. The average Bonchev–Trinajstić information content (AvgIpc) is 2.44. The van der Waals surface area contributed by atoms with Crippen molar-refractivity contribution in [2.75, 3.05) is 17.2 Å². The topological polar surface area (TPSA) is 46.3 Å². The van der Waals surface area contributed by atoms with Crippen molar-refractivity contribution in [2.24, 2.45) is 0 Å². The van der Waals surface area contributed by atoms with E-state index >= 15 is 0 Å². The number of nitrogen functional groups attached to an aromatic ring is 1. The number of halogens is 1. The lowest BCUT2D eigenvalue weighted by Crippen LogP contribution is -2.32. The van der Waals surface area contributed by atoms with Crippen LogP contribution in [0.2, 0.25) is 0 Å². The smallest absolute Gasteiger partial charge is 0.231 e. The molecule has 0 aromatic heterocycles. The minimum atomic E-state index is 0.0488. The average molecular weight is 333 g/mol. The van der Waals surface area contributed by atoms with Crippen LogP contribution in [0, 0.1) is 0 Å². The van der Waals surface area contributed by atoms with Gasteiger partial charge in [0.15, 0.2) is 0 Å². The van der Waals surface area contributed by atoms with Crippen LogP contribution < -0.4 is 10.6 Å². The highest BCUT2D eigenvalue weighted by Gasteiger charge is 2.16. The van der Waals surface area contributed by atoms with E-state index in [-0.39, 0.29) is 5.91 Å². The van der Waals surface area contributed by atoms with E-state index in [4.69, 9.17) is 5.73 Å². The molecular weight excluding hydrogens is 316 g/mol. The molecule has 2 rings (SSSR count). The molecule has 0 heterocycles. The second-order valence-electron chi connectivity index (χ2n) is 4.50. The minimum Gasteiger partial charge on any atom is -0.397 e. The van der Waals surface area contributed by atoms with Crippen molar-refractivity contribution in [3.63, 3.8) is 0 Å². The van der Waals surface area contributed by atoms with E-state index < -0.39 is 0 Å². The Morgan fingerprint density at radius 1 is 1.15 bits per heavy atom. The van der Waals surface area contributed by atoms with Gasteiger partial charge < -0.3 is 10.6 Å². The van der Waals surface area contributed by atoms with Crippen LogP contribution in [0.1, 0.15) is 12.5 Å². The Hall–Kier alpha value is -1.81. The summed E-state index contributed by atoms with van der Waals surface area (Å²) < 4.78 is 1.01. The molecule has 0 aliphatic carbocycles. The van der Waals surface area contributed by atoms with Crippen LogP contribution in [-0.4, -0.2) is 12.5 Å². The maximum absolute atomic E-state index is 12.4. The lowest BCUT2D eigenvalue weighted by atomic mass is 10.1. The Balaban J connectivity index is 2.18. The predicted octanol–water partition coefficient (Wildman–Crippen LogP) is 3.63. The molecule has 4 heteroatoms. The molecular formula is C16H17BrN2O. The van der Waals surface area contributed by atoms with Crippen LogP contribution in [0.3, 0.4) is 0 Å². The molecule has 20 heavy (non-hydrogen) atoms. The summed E-state index contributed by atoms with van der Waals surface area (Å²) in [7, 11) is 0. The number of carbonyl (C=O) groups is 1. The fourth-order valence-electron chi connectivity index (χ4n) is 2.09. The van der Waals surface area contributed by atoms with E-state index in [9.17, 15) is 4.79 Å². The van der Waals surface area contributed by atoms with Gasteiger partial charge in [0, 0.05) is 11.0 Å². The first kappa shape index (κ1) is 14.6. The van der Waals surface area contributed by atoms with Gasteiger partial charge in [-0.2, -0.15) is 0 Å². The van der Waals surface area contributed by atoms with E-state index in [1.807, 2.05) is 55.5 Å². The lowest BCUT2D eigenvalue weighted by Gasteiger charge is -2.22. The lowest BCUT2D eigenvalue weighted by molar-refractivity contribution is -0.117. The molecule has 0 aliphatic heterocycles. The Morgan fingerprint density at radius 2 is 1.80 bits per heavy atom.